The zero-order valence-electron chi connectivity index (χ0n) is 10.7. The van der Waals surface area contributed by atoms with Crippen LogP contribution in [-0.2, 0) is 9.53 Å². The first-order valence-corrected chi connectivity index (χ1v) is 6.38. The molecule has 0 radical (unpaired) electrons. The summed E-state index contributed by atoms with van der Waals surface area (Å²) in [6.45, 7) is 0. The lowest BCUT2D eigenvalue weighted by Gasteiger charge is -2.09. The highest BCUT2D eigenvalue weighted by molar-refractivity contribution is 6.42. The van der Waals surface area contributed by atoms with Crippen LogP contribution in [0.5, 0.6) is 5.75 Å². The molecule has 0 saturated carbocycles. The summed E-state index contributed by atoms with van der Waals surface area (Å²) in [5.41, 5.74) is 0.363. The number of hydrogen-bond donors (Lipinski definition) is 0. The van der Waals surface area contributed by atoms with Gasteiger partial charge in [0.2, 0.25) is 0 Å². The molecular formula is C13H14Cl2O4. The van der Waals surface area contributed by atoms with Crippen LogP contribution in [0.3, 0.4) is 0 Å². The topological polar surface area (TPSA) is 52.6 Å². The van der Waals surface area contributed by atoms with Crippen LogP contribution in [-0.4, -0.2) is 26.0 Å². The molecule has 104 valence electrons. The minimum Gasteiger partial charge on any atom is -0.496 e. The number of carbonyl (C=O) groups excluding carboxylic acids is 2. The van der Waals surface area contributed by atoms with Crippen molar-refractivity contribution in [3.05, 3.63) is 27.7 Å². The Morgan fingerprint density at radius 1 is 1.11 bits per heavy atom. The van der Waals surface area contributed by atoms with Gasteiger partial charge in [0.1, 0.15) is 5.75 Å². The standard InChI is InChI=1S/C13H14Cl2O4/c1-18-12-7-10(15)9(14)6-8(12)11(16)4-3-5-13(17)19-2/h6-7H,3-5H2,1-2H3. The van der Waals surface area contributed by atoms with Gasteiger partial charge in [-0.25, -0.2) is 0 Å². The molecule has 0 N–H and O–H groups in total. The first kappa shape index (κ1) is 15.8. The summed E-state index contributed by atoms with van der Waals surface area (Å²) in [6.07, 6.45) is 0.824. The quantitative estimate of drug-likeness (QED) is 0.596. The smallest absolute Gasteiger partial charge is 0.305 e. The molecule has 19 heavy (non-hydrogen) atoms. The van der Waals surface area contributed by atoms with Crippen molar-refractivity contribution in [1.82, 2.24) is 0 Å². The van der Waals surface area contributed by atoms with Crippen molar-refractivity contribution in [2.24, 2.45) is 0 Å². The Morgan fingerprint density at radius 3 is 2.32 bits per heavy atom. The van der Waals surface area contributed by atoms with Crippen LogP contribution in [0.1, 0.15) is 29.6 Å². The first-order valence-electron chi connectivity index (χ1n) is 5.62. The number of esters is 1. The first-order chi connectivity index (χ1) is 8.99. The van der Waals surface area contributed by atoms with Gasteiger partial charge in [-0.05, 0) is 12.5 Å². The molecule has 0 heterocycles. The van der Waals surface area contributed by atoms with Gasteiger partial charge >= 0.3 is 5.97 Å². The molecule has 0 bridgehead atoms. The van der Waals surface area contributed by atoms with E-state index in [9.17, 15) is 9.59 Å². The Bertz CT molecular complexity index is 486. The van der Waals surface area contributed by atoms with Crippen molar-refractivity contribution < 1.29 is 19.1 Å². The Hall–Kier alpha value is -1.26. The molecule has 0 unspecified atom stereocenters. The van der Waals surface area contributed by atoms with Gasteiger partial charge in [-0.3, -0.25) is 9.59 Å². The summed E-state index contributed by atoms with van der Waals surface area (Å²) in [7, 11) is 2.76. The molecule has 0 atom stereocenters. The van der Waals surface area contributed by atoms with Gasteiger partial charge in [-0.1, -0.05) is 23.2 Å². The molecule has 1 aromatic rings. The summed E-state index contributed by atoms with van der Waals surface area (Å²) >= 11 is 11.7. The third-order valence-corrected chi connectivity index (χ3v) is 3.28. The van der Waals surface area contributed by atoms with Crippen molar-refractivity contribution in [3.8, 4) is 5.75 Å². The average Bonchev–Trinajstić information content (AvgIpc) is 2.40. The van der Waals surface area contributed by atoms with Crippen LogP contribution in [0.2, 0.25) is 10.0 Å². The van der Waals surface area contributed by atoms with E-state index >= 15 is 0 Å². The molecular weight excluding hydrogens is 291 g/mol. The highest BCUT2D eigenvalue weighted by atomic mass is 35.5. The number of ether oxygens (including phenoxy) is 2. The highest BCUT2D eigenvalue weighted by Crippen LogP contribution is 2.31. The van der Waals surface area contributed by atoms with Crippen molar-refractivity contribution in [2.45, 2.75) is 19.3 Å². The minimum absolute atomic E-state index is 0.153. The lowest BCUT2D eigenvalue weighted by molar-refractivity contribution is -0.140. The van der Waals surface area contributed by atoms with Crippen LogP contribution in [0.15, 0.2) is 12.1 Å². The maximum atomic E-state index is 12.0. The number of benzene rings is 1. The summed E-state index contributed by atoms with van der Waals surface area (Å²) in [5.74, 6) is -0.120. The molecule has 0 amide bonds. The van der Waals surface area contributed by atoms with Gasteiger partial charge in [0, 0.05) is 18.9 Å². The second-order valence-corrected chi connectivity index (χ2v) is 4.63. The average molecular weight is 305 g/mol. The predicted molar refractivity (Wildman–Crippen MR) is 73.2 cm³/mol. The maximum Gasteiger partial charge on any atom is 0.305 e. The molecule has 4 nitrogen and oxygen atoms in total. The number of rotatable bonds is 6. The fraction of sp³-hybridized carbons (Fsp3) is 0.385. The molecule has 0 saturated heterocycles. The Labute approximate surface area is 121 Å². The van der Waals surface area contributed by atoms with Crippen LogP contribution >= 0.6 is 23.2 Å². The summed E-state index contributed by atoms with van der Waals surface area (Å²) in [4.78, 5) is 23.0. The number of Topliss-reactive ketones (excluding diaryl/α,β-unsaturated/α-hetero) is 1. The van der Waals surface area contributed by atoms with Crippen molar-refractivity contribution >= 4 is 35.0 Å². The van der Waals surface area contributed by atoms with E-state index in [0.29, 0.717) is 27.8 Å². The normalized spacial score (nSPS) is 10.1. The van der Waals surface area contributed by atoms with Gasteiger partial charge in [0.25, 0.3) is 0 Å². The van der Waals surface area contributed by atoms with E-state index in [4.69, 9.17) is 27.9 Å². The van der Waals surface area contributed by atoms with Gasteiger partial charge in [0.05, 0.1) is 29.8 Å². The molecule has 0 fully saturated rings. The number of halogens is 2. The molecule has 6 heteroatoms. The fourth-order valence-electron chi connectivity index (χ4n) is 1.55. The lowest BCUT2D eigenvalue weighted by Crippen LogP contribution is -2.05. The second-order valence-electron chi connectivity index (χ2n) is 3.82. The van der Waals surface area contributed by atoms with E-state index in [1.807, 2.05) is 0 Å². The monoisotopic (exact) mass is 304 g/mol. The SMILES string of the molecule is COC(=O)CCCC(=O)c1cc(Cl)c(Cl)cc1OC. The Morgan fingerprint density at radius 2 is 1.74 bits per heavy atom. The predicted octanol–water partition coefficient (Wildman–Crippen LogP) is 3.53. The maximum absolute atomic E-state index is 12.0. The minimum atomic E-state index is -0.339. The van der Waals surface area contributed by atoms with Gasteiger partial charge in [0.15, 0.2) is 5.78 Å². The summed E-state index contributed by atoms with van der Waals surface area (Å²) < 4.78 is 9.60. The third kappa shape index (κ3) is 4.40. The van der Waals surface area contributed by atoms with Gasteiger partial charge in [-0.2, -0.15) is 0 Å². The number of hydrogen-bond acceptors (Lipinski definition) is 4. The van der Waals surface area contributed by atoms with Crippen molar-refractivity contribution in [1.29, 1.82) is 0 Å². The van der Waals surface area contributed by atoms with Gasteiger partial charge < -0.3 is 9.47 Å². The van der Waals surface area contributed by atoms with E-state index in [1.165, 1.54) is 26.4 Å². The van der Waals surface area contributed by atoms with Crippen LogP contribution in [0.25, 0.3) is 0 Å². The molecule has 1 aromatic carbocycles. The highest BCUT2D eigenvalue weighted by Gasteiger charge is 2.15. The van der Waals surface area contributed by atoms with E-state index in [2.05, 4.69) is 4.74 Å². The largest absolute Gasteiger partial charge is 0.496 e. The molecule has 0 aliphatic carbocycles. The third-order valence-electron chi connectivity index (χ3n) is 2.56. The lowest BCUT2D eigenvalue weighted by atomic mass is 10.0. The molecule has 1 rings (SSSR count). The molecule has 0 aliphatic heterocycles. The van der Waals surface area contributed by atoms with Gasteiger partial charge in [-0.15, -0.1) is 0 Å². The summed E-state index contributed by atoms with van der Waals surface area (Å²) in [6, 6.07) is 2.97. The van der Waals surface area contributed by atoms with Crippen LogP contribution in [0, 0.1) is 0 Å². The fourth-order valence-corrected chi connectivity index (χ4v) is 1.86. The number of ketones is 1. The number of carbonyl (C=O) groups is 2. The summed E-state index contributed by atoms with van der Waals surface area (Å²) in [5, 5.41) is 0.614. The van der Waals surface area contributed by atoms with Crippen LogP contribution in [0.4, 0.5) is 0 Å². The van der Waals surface area contributed by atoms with E-state index in [0.717, 1.165) is 0 Å². The van der Waals surface area contributed by atoms with E-state index < -0.39 is 0 Å². The number of methoxy groups -OCH3 is 2. The Kier molecular flexibility index (Phi) is 6.12. The zero-order chi connectivity index (χ0) is 14.4. The zero-order valence-corrected chi connectivity index (χ0v) is 12.2. The van der Waals surface area contributed by atoms with E-state index in [-0.39, 0.29) is 24.6 Å². The van der Waals surface area contributed by atoms with E-state index in [1.54, 1.807) is 0 Å². The molecule has 0 aliphatic rings. The second kappa shape index (κ2) is 7.36. The van der Waals surface area contributed by atoms with Crippen molar-refractivity contribution in [3.63, 3.8) is 0 Å². The Balaban J connectivity index is 2.76. The van der Waals surface area contributed by atoms with Crippen LogP contribution < -0.4 is 4.74 Å². The molecule has 0 spiro atoms. The van der Waals surface area contributed by atoms with Crippen molar-refractivity contribution in [2.75, 3.05) is 14.2 Å². The molecule has 0 aromatic heterocycles.